The summed E-state index contributed by atoms with van der Waals surface area (Å²) in [6, 6.07) is 41.0. The van der Waals surface area contributed by atoms with Gasteiger partial charge in [0, 0.05) is 65.0 Å². The molecule has 4 aromatic carbocycles. The van der Waals surface area contributed by atoms with E-state index in [9.17, 15) is 24.9 Å². The second kappa shape index (κ2) is 24.1. The average Bonchev–Trinajstić information content (AvgIpc) is 4.04. The van der Waals surface area contributed by atoms with E-state index in [4.69, 9.17) is 23.7 Å². The van der Waals surface area contributed by atoms with Gasteiger partial charge in [0.05, 0.1) is 46.8 Å². The van der Waals surface area contributed by atoms with Crippen molar-refractivity contribution in [1.82, 2.24) is 0 Å². The number of hydrogen-bond donors (Lipinski definition) is 0. The molecule has 0 bridgehead atoms. The maximum atomic E-state index is 12.0. The lowest BCUT2D eigenvalue weighted by Gasteiger charge is -2.44. The summed E-state index contributed by atoms with van der Waals surface area (Å²) >= 11 is 5.16. The lowest BCUT2D eigenvalue weighted by Crippen LogP contribution is -2.52. The van der Waals surface area contributed by atoms with Gasteiger partial charge in [0.1, 0.15) is 18.3 Å². The average molecular weight is 1020 g/mol. The summed E-state index contributed by atoms with van der Waals surface area (Å²) in [7, 11) is 0. The van der Waals surface area contributed by atoms with Gasteiger partial charge in [0.25, 0.3) is 0 Å². The number of carbonyl (C=O) groups excluding carboxylic acids is 3. The second-order valence-electron chi connectivity index (χ2n) is 18.8. The molecule has 2 saturated heterocycles. The van der Waals surface area contributed by atoms with Crippen LogP contribution in [-0.2, 0) is 50.9 Å². The quantitative estimate of drug-likeness (QED) is 0.0853. The topological polar surface area (TPSA) is 145 Å². The van der Waals surface area contributed by atoms with Crippen LogP contribution in [0.15, 0.2) is 109 Å². The molecule has 0 radical (unpaired) electrons. The summed E-state index contributed by atoms with van der Waals surface area (Å²) in [4.78, 5) is 40.4. The molecule has 0 saturated carbocycles. The molecule has 6 aromatic rings. The first-order chi connectivity index (χ1) is 34.5. The van der Waals surface area contributed by atoms with Crippen LogP contribution >= 0.6 is 34.4 Å². The highest BCUT2D eigenvalue weighted by molar-refractivity contribution is 7.99. The fourth-order valence-corrected chi connectivity index (χ4v) is 12.5. The number of thioether (sulfide) groups is 1. The summed E-state index contributed by atoms with van der Waals surface area (Å²) in [6.07, 6.45) is 1.16. The molecule has 10 atom stereocenters. The van der Waals surface area contributed by atoms with Crippen LogP contribution < -0.4 is 0 Å². The van der Waals surface area contributed by atoms with Gasteiger partial charge >= 0.3 is 17.9 Å². The Kier molecular flexibility index (Phi) is 18.0. The molecule has 0 N–H and O–H groups in total. The number of carbonyl (C=O) groups is 3. The number of aryl methyl sites for hydroxylation is 2. The number of nitriles is 2. The van der Waals surface area contributed by atoms with Crippen LogP contribution in [0, 0.1) is 48.3 Å². The molecule has 72 heavy (non-hydrogen) atoms. The highest BCUT2D eigenvalue weighted by Gasteiger charge is 2.47. The lowest BCUT2D eigenvalue weighted by atomic mass is 9.85. The first-order valence-electron chi connectivity index (χ1n) is 24.2. The zero-order chi connectivity index (χ0) is 51.8. The number of rotatable bonds is 12. The van der Waals surface area contributed by atoms with Crippen LogP contribution in [0.3, 0.4) is 0 Å². The van der Waals surface area contributed by atoms with Crippen molar-refractivity contribution in [3.05, 3.63) is 163 Å². The first-order valence-corrected chi connectivity index (χ1v) is 27.1. The smallest absolute Gasteiger partial charge is 0.303 e. The van der Waals surface area contributed by atoms with Gasteiger partial charge in [0.2, 0.25) is 0 Å². The highest BCUT2D eigenvalue weighted by Crippen LogP contribution is 2.44. The third-order valence-corrected chi connectivity index (χ3v) is 17.0. The van der Waals surface area contributed by atoms with Crippen LogP contribution in [0.1, 0.15) is 115 Å². The van der Waals surface area contributed by atoms with Crippen molar-refractivity contribution in [3.8, 4) is 33.0 Å². The van der Waals surface area contributed by atoms with Gasteiger partial charge in [-0.2, -0.15) is 22.3 Å². The molecule has 4 heterocycles. The van der Waals surface area contributed by atoms with Crippen molar-refractivity contribution in [2.75, 3.05) is 6.26 Å². The van der Waals surface area contributed by atoms with Gasteiger partial charge in [0.15, 0.2) is 6.10 Å². The van der Waals surface area contributed by atoms with Crippen LogP contribution in [0.25, 0.3) is 20.9 Å². The largest absolute Gasteiger partial charge is 0.461 e. The Morgan fingerprint density at radius 2 is 1.00 bits per heavy atom. The van der Waals surface area contributed by atoms with Crippen molar-refractivity contribution >= 4 is 52.3 Å². The van der Waals surface area contributed by atoms with E-state index in [1.54, 1.807) is 40.5 Å². The molecular weight excluding hydrogens is 961 g/mol. The van der Waals surface area contributed by atoms with Crippen molar-refractivity contribution in [2.45, 2.75) is 123 Å². The Morgan fingerprint density at radius 3 is 1.46 bits per heavy atom. The van der Waals surface area contributed by atoms with Crippen LogP contribution in [-0.4, -0.2) is 59.9 Å². The first kappa shape index (κ1) is 53.7. The number of thiophene rings is 2. The van der Waals surface area contributed by atoms with Gasteiger partial charge in [-0.1, -0.05) is 74.5 Å². The molecule has 13 heteroatoms. The number of hydrogen-bond acceptors (Lipinski definition) is 13. The van der Waals surface area contributed by atoms with Crippen molar-refractivity contribution < 1.29 is 38.1 Å². The summed E-state index contributed by atoms with van der Waals surface area (Å²) in [6.45, 7) is 16.5. The standard InChI is InChI=1S/C30H31NO5S.C29H31NO3S2/c1-17-9-10-24(29-30(36-21(5)33)28(35-20(4)32)18(2)19(3)34-29)14-25(17)15-26-11-12-27(37-26)23-8-6-7-22(13-23)16-31;1-17-9-10-23(28-29(34-5)27(33-20(4)31)18(2)19(3)32-28)14-24(17)15-25-11-12-26(35-25)22-8-6-7-21(13-22)16-30/h6-14,18-19,28-30H,15H2,1-5H3;6-14,18-19,27-29H,15H2,1-5H3/t18-,19-,28+,29?,30-;18-,19-,27+,28?,29-/m11/s1. The Labute approximate surface area is 436 Å². The van der Waals surface area contributed by atoms with E-state index in [2.05, 4.69) is 94.6 Å². The third-order valence-electron chi connectivity index (χ3n) is 13.7. The summed E-state index contributed by atoms with van der Waals surface area (Å²) < 4.78 is 29.9. The molecule has 0 aliphatic carbocycles. The Hall–Kier alpha value is -6.06. The normalized spacial score (nSPS) is 23.6. The maximum absolute atomic E-state index is 12.0. The number of nitrogens with zero attached hydrogens (tertiary/aromatic N) is 2. The van der Waals surface area contributed by atoms with Crippen LogP contribution in [0.5, 0.6) is 0 Å². The molecule has 374 valence electrons. The number of benzene rings is 4. The molecule has 0 spiro atoms. The highest BCUT2D eigenvalue weighted by atomic mass is 32.2. The molecule has 2 fully saturated rings. The van der Waals surface area contributed by atoms with Gasteiger partial charge in [-0.25, -0.2) is 0 Å². The fraction of sp³-hybridized carbons (Fsp3) is 0.373. The SMILES string of the molecule is CC(=O)O[C@H]1[C@H](C)[C@@H](C)OC(c2ccc(C)c(Cc3ccc(-c4cccc(C#N)c4)s3)c2)[C@@H]1OC(C)=O.CS[C@H]1C(c2ccc(C)c(Cc3ccc(-c4cccc(C#N)c4)s3)c2)O[C@H](C)[C@@H](C)[C@@H]1OC(C)=O. The van der Waals surface area contributed by atoms with E-state index in [0.29, 0.717) is 11.1 Å². The molecule has 10 nitrogen and oxygen atoms in total. The zero-order valence-corrected chi connectivity index (χ0v) is 44.9. The Morgan fingerprint density at radius 1 is 0.569 bits per heavy atom. The molecule has 0 amide bonds. The minimum atomic E-state index is -0.746. The van der Waals surface area contributed by atoms with Gasteiger partial charge in [-0.15, -0.1) is 22.7 Å². The van der Waals surface area contributed by atoms with Crippen LogP contribution in [0.4, 0.5) is 0 Å². The molecule has 2 unspecified atom stereocenters. The van der Waals surface area contributed by atoms with E-state index < -0.39 is 30.3 Å². The number of ether oxygens (including phenoxy) is 5. The van der Waals surface area contributed by atoms with Crippen molar-refractivity contribution in [3.63, 3.8) is 0 Å². The second-order valence-corrected chi connectivity index (χ2v) is 22.2. The van der Waals surface area contributed by atoms with E-state index in [-0.39, 0.29) is 47.5 Å². The lowest BCUT2D eigenvalue weighted by molar-refractivity contribution is -0.222. The van der Waals surface area contributed by atoms with Gasteiger partial charge in [-0.05, 0) is 127 Å². The minimum absolute atomic E-state index is 0.0125. The van der Waals surface area contributed by atoms with Gasteiger partial charge in [-0.3, -0.25) is 14.4 Å². The Bertz CT molecular complexity index is 2980. The number of esters is 3. The monoisotopic (exact) mass is 1020 g/mol. The molecule has 2 aliphatic heterocycles. The maximum Gasteiger partial charge on any atom is 0.303 e. The van der Waals surface area contributed by atoms with E-state index in [1.807, 2.05) is 68.4 Å². The summed E-state index contributed by atoms with van der Waals surface area (Å²) in [5.41, 5.74) is 10.2. The van der Waals surface area contributed by atoms with E-state index in [0.717, 1.165) is 56.0 Å². The molecule has 2 aromatic heterocycles. The fourth-order valence-electron chi connectivity index (χ4n) is 9.42. The molecule has 2 aliphatic rings. The molecular formula is C59H62N2O8S3. The van der Waals surface area contributed by atoms with Crippen LogP contribution in [0.2, 0.25) is 0 Å². The zero-order valence-electron chi connectivity index (χ0n) is 42.5. The predicted octanol–water partition coefficient (Wildman–Crippen LogP) is 13.1. The van der Waals surface area contributed by atoms with Crippen molar-refractivity contribution in [2.24, 2.45) is 11.8 Å². The van der Waals surface area contributed by atoms with Crippen molar-refractivity contribution in [1.29, 1.82) is 10.5 Å². The summed E-state index contributed by atoms with van der Waals surface area (Å²) in [5.74, 6) is -1.12. The van der Waals surface area contributed by atoms with Gasteiger partial charge < -0.3 is 23.7 Å². The molecule has 8 rings (SSSR count). The van der Waals surface area contributed by atoms with E-state index in [1.165, 1.54) is 41.7 Å². The minimum Gasteiger partial charge on any atom is -0.461 e. The van der Waals surface area contributed by atoms with E-state index >= 15 is 0 Å². The predicted molar refractivity (Wildman–Crippen MR) is 286 cm³/mol. The summed E-state index contributed by atoms with van der Waals surface area (Å²) in [5, 5.41) is 18.5. The third kappa shape index (κ3) is 12.9. The Balaban J connectivity index is 0.000000212.